The lowest BCUT2D eigenvalue weighted by molar-refractivity contribution is -0.138. The first-order valence-corrected chi connectivity index (χ1v) is 28.7. The second-order valence-electron chi connectivity index (χ2n) is 17.8. The standard InChI is InChI=1S/2C23H25N5O4S2.2C3H6O.H2O/c2*1-15-21(33-23(24-15)26-22(30)19-12-6-7-14-28(19)16(2)29)18-11-8-13-20(25-18)27-34(31,32)17-9-4-3-5-10-17;2*1-3(2)4;/h2*3-5,8-11,13,19H,6-7,12,14H2,1-2H3,(H,25,27)(H,24,26,30);2*1-2H3;1H2/t2*19-;;;/m00.../s1. The van der Waals surface area contributed by atoms with E-state index in [0.29, 0.717) is 68.7 Å². The minimum Gasteiger partial charge on any atom is -0.412 e. The first-order chi connectivity index (χ1) is 35.9. The summed E-state index contributed by atoms with van der Waals surface area (Å²) in [5.74, 6) is -0.0530. The number of thiazole rings is 2. The maximum absolute atomic E-state index is 12.9. The number of aromatic nitrogens is 4. The Kier molecular flexibility index (Phi) is 23.2. The number of rotatable bonds is 12. The van der Waals surface area contributed by atoms with Gasteiger partial charge in [-0.2, -0.15) is 0 Å². The van der Waals surface area contributed by atoms with E-state index < -0.39 is 32.1 Å². The van der Waals surface area contributed by atoms with Crippen molar-refractivity contribution in [2.45, 2.75) is 116 Å². The van der Waals surface area contributed by atoms with Crippen LogP contribution in [-0.4, -0.2) is 112 Å². The molecule has 25 heteroatoms. The van der Waals surface area contributed by atoms with Crippen LogP contribution in [-0.2, 0) is 48.8 Å². The van der Waals surface area contributed by atoms with Crippen molar-refractivity contribution in [1.29, 1.82) is 0 Å². The molecular weight excluding hydrogens is 1070 g/mol. The molecule has 2 aliphatic heterocycles. The molecule has 0 bridgehead atoms. The molecule has 2 fully saturated rings. The summed E-state index contributed by atoms with van der Waals surface area (Å²) in [6, 6.07) is 25.2. The Balaban J connectivity index is 0.000000288. The van der Waals surface area contributed by atoms with E-state index in [9.17, 15) is 45.6 Å². The van der Waals surface area contributed by atoms with E-state index in [0.717, 1.165) is 25.7 Å². The van der Waals surface area contributed by atoms with E-state index >= 15 is 0 Å². The minimum atomic E-state index is -3.77. The number of nitrogens with one attached hydrogen (secondary N) is 4. The van der Waals surface area contributed by atoms with Crippen molar-refractivity contribution in [3.8, 4) is 21.1 Å². The molecule has 4 amide bonds. The van der Waals surface area contributed by atoms with Crippen LogP contribution in [0.4, 0.5) is 21.9 Å². The number of benzene rings is 2. The molecule has 412 valence electrons. The highest BCUT2D eigenvalue weighted by Gasteiger charge is 2.32. The first kappa shape index (κ1) is 62.2. The van der Waals surface area contributed by atoms with E-state index in [4.69, 9.17) is 0 Å². The lowest BCUT2D eigenvalue weighted by Gasteiger charge is -2.33. The van der Waals surface area contributed by atoms with Gasteiger partial charge in [0.2, 0.25) is 23.6 Å². The second-order valence-corrected chi connectivity index (χ2v) is 23.1. The summed E-state index contributed by atoms with van der Waals surface area (Å²) in [4.78, 5) is 91.1. The van der Waals surface area contributed by atoms with Gasteiger partial charge in [-0.15, -0.1) is 0 Å². The van der Waals surface area contributed by atoms with E-state index in [1.165, 1.54) is 88.5 Å². The average Bonchev–Trinajstić information content (AvgIpc) is 3.94. The van der Waals surface area contributed by atoms with Crippen molar-refractivity contribution >= 4 is 99.8 Å². The number of nitrogens with zero attached hydrogens (tertiary/aromatic N) is 6. The summed E-state index contributed by atoms with van der Waals surface area (Å²) in [5.41, 5.74) is 2.38. The molecule has 0 spiro atoms. The molecule has 0 saturated carbocycles. The van der Waals surface area contributed by atoms with E-state index in [1.54, 1.807) is 96.4 Å². The van der Waals surface area contributed by atoms with Gasteiger partial charge in [0.1, 0.15) is 35.3 Å². The number of pyridine rings is 2. The summed E-state index contributed by atoms with van der Waals surface area (Å²) in [6.45, 7) is 13.8. The average molecular weight is 1130 g/mol. The molecule has 21 nitrogen and oxygen atoms in total. The summed E-state index contributed by atoms with van der Waals surface area (Å²) in [6.07, 6.45) is 4.79. The number of aryl methyl sites for hydroxylation is 2. The third-order valence-electron chi connectivity index (χ3n) is 11.0. The molecule has 6 aromatic rings. The van der Waals surface area contributed by atoms with Crippen molar-refractivity contribution < 1.29 is 51.1 Å². The Morgan fingerprint density at radius 3 is 1.16 bits per heavy atom. The molecule has 4 aromatic heterocycles. The summed E-state index contributed by atoms with van der Waals surface area (Å²) in [5, 5.41) is 6.49. The summed E-state index contributed by atoms with van der Waals surface area (Å²) in [7, 11) is -7.54. The lowest BCUT2D eigenvalue weighted by Crippen LogP contribution is -2.49. The zero-order valence-electron chi connectivity index (χ0n) is 43.9. The molecule has 77 heavy (non-hydrogen) atoms. The van der Waals surface area contributed by atoms with Gasteiger partial charge in [0.25, 0.3) is 20.0 Å². The Labute approximate surface area is 456 Å². The molecule has 2 saturated heterocycles. The van der Waals surface area contributed by atoms with Crippen LogP contribution in [0.25, 0.3) is 21.1 Å². The topological polar surface area (TPSA) is 308 Å². The molecule has 8 rings (SSSR count). The second kappa shape index (κ2) is 28.7. The number of hydrogen-bond acceptors (Lipinski definition) is 16. The predicted molar refractivity (Wildman–Crippen MR) is 298 cm³/mol. The van der Waals surface area contributed by atoms with E-state index in [-0.39, 0.29) is 62.1 Å². The van der Waals surface area contributed by atoms with Gasteiger partial charge in [0, 0.05) is 26.9 Å². The fourth-order valence-electron chi connectivity index (χ4n) is 7.74. The van der Waals surface area contributed by atoms with Crippen LogP contribution in [0.5, 0.6) is 0 Å². The zero-order chi connectivity index (χ0) is 55.7. The van der Waals surface area contributed by atoms with Gasteiger partial charge in [-0.05, 0) is 129 Å². The highest BCUT2D eigenvalue weighted by atomic mass is 32.2. The van der Waals surface area contributed by atoms with Crippen molar-refractivity contribution in [2.75, 3.05) is 33.2 Å². The van der Waals surface area contributed by atoms with Gasteiger partial charge in [-0.1, -0.05) is 71.2 Å². The smallest absolute Gasteiger partial charge is 0.263 e. The SMILES string of the molecule is CC(=O)N1CCCC[C@H]1C(=O)Nc1nc(C)c(-c2cccc(NS(=O)(=O)c3ccccc3)n2)s1.CC(=O)N1CCCC[C@H]1C(=O)Nc1nc(C)c(-c2cccc(NS(=O)(=O)c3ccccc3)n2)s1.CC(C)=O.CC(C)=O.O. The normalized spacial score (nSPS) is 15.0. The Morgan fingerprint density at radius 1 is 0.494 bits per heavy atom. The van der Waals surface area contributed by atoms with Gasteiger partial charge >= 0.3 is 0 Å². The summed E-state index contributed by atoms with van der Waals surface area (Å²) < 4.78 is 55.5. The quantitative estimate of drug-likeness (QED) is 0.0914. The highest BCUT2D eigenvalue weighted by Crippen LogP contribution is 2.35. The van der Waals surface area contributed by atoms with Gasteiger partial charge in [-0.3, -0.25) is 28.6 Å². The maximum atomic E-state index is 12.9. The number of piperidine rings is 2. The number of likely N-dealkylation sites (tertiary alicyclic amines) is 2. The number of sulfonamides is 2. The Bertz CT molecular complexity index is 3020. The maximum Gasteiger partial charge on any atom is 0.263 e. The third kappa shape index (κ3) is 18.4. The molecule has 6 N–H and O–H groups in total. The van der Waals surface area contributed by atoms with Crippen LogP contribution in [0.15, 0.2) is 107 Å². The Morgan fingerprint density at radius 2 is 0.831 bits per heavy atom. The van der Waals surface area contributed by atoms with Crippen LogP contribution >= 0.6 is 22.7 Å². The van der Waals surface area contributed by atoms with Crippen LogP contribution in [0.3, 0.4) is 0 Å². The van der Waals surface area contributed by atoms with Crippen molar-refractivity contribution in [1.82, 2.24) is 29.7 Å². The number of ketones is 2. The van der Waals surface area contributed by atoms with Gasteiger partial charge in [0.15, 0.2) is 10.3 Å². The van der Waals surface area contributed by atoms with Crippen molar-refractivity contribution in [3.63, 3.8) is 0 Å². The van der Waals surface area contributed by atoms with E-state index in [1.807, 2.05) is 0 Å². The highest BCUT2D eigenvalue weighted by molar-refractivity contribution is 7.93. The molecule has 2 aliphatic rings. The van der Waals surface area contributed by atoms with Gasteiger partial charge < -0.3 is 35.5 Å². The van der Waals surface area contributed by atoms with Crippen LogP contribution in [0, 0.1) is 13.8 Å². The molecule has 2 atom stereocenters. The molecule has 0 radical (unpaired) electrons. The van der Waals surface area contributed by atoms with Crippen LogP contribution in [0.1, 0.15) is 91.5 Å². The number of amides is 4. The fraction of sp³-hybridized carbons (Fsp3) is 0.346. The van der Waals surface area contributed by atoms with Crippen LogP contribution in [0.2, 0.25) is 0 Å². The fourth-order valence-corrected chi connectivity index (χ4v) is 11.7. The molecule has 2 aromatic carbocycles. The molecular formula is C52H64N10O11S4. The molecule has 0 aliphatic carbocycles. The molecule has 6 heterocycles. The number of anilines is 4. The predicted octanol–water partition coefficient (Wildman–Crippen LogP) is 7.67. The van der Waals surface area contributed by atoms with Crippen molar-refractivity contribution in [2.24, 2.45) is 0 Å². The zero-order valence-corrected chi connectivity index (χ0v) is 47.2. The number of carbonyl (C=O) groups is 6. The number of Topliss-reactive ketones (excluding diaryl/α,β-unsaturated/α-hetero) is 2. The van der Waals surface area contributed by atoms with Gasteiger partial charge in [0.05, 0.1) is 42.3 Å². The van der Waals surface area contributed by atoms with Crippen LogP contribution < -0.4 is 20.1 Å². The first-order valence-electron chi connectivity index (χ1n) is 24.1. The van der Waals surface area contributed by atoms with E-state index in [2.05, 4.69) is 40.0 Å². The molecule has 0 unspecified atom stereocenters. The minimum absolute atomic E-state index is 0. The summed E-state index contributed by atoms with van der Waals surface area (Å²) >= 11 is 2.50. The van der Waals surface area contributed by atoms with Crippen molar-refractivity contribution in [3.05, 3.63) is 108 Å². The Hall–Kier alpha value is -7.32. The van der Waals surface area contributed by atoms with Gasteiger partial charge in [-0.25, -0.2) is 36.8 Å². The monoisotopic (exact) mass is 1130 g/mol. The third-order valence-corrected chi connectivity index (χ3v) is 16.0. The number of hydrogen-bond donors (Lipinski definition) is 4. The largest absolute Gasteiger partial charge is 0.412 e. The lowest BCUT2D eigenvalue weighted by atomic mass is 10.0. The number of carbonyl (C=O) groups excluding carboxylic acids is 6.